The van der Waals surface area contributed by atoms with E-state index in [9.17, 15) is 9.59 Å². The Balaban J connectivity index is 2.66. The number of benzene rings is 2. The van der Waals surface area contributed by atoms with Crippen LogP contribution in [0.2, 0.25) is 0 Å². The second-order valence-corrected chi connectivity index (χ2v) is 7.72. The summed E-state index contributed by atoms with van der Waals surface area (Å²) >= 11 is 0. The van der Waals surface area contributed by atoms with Crippen molar-refractivity contribution in [3.05, 3.63) is 75.9 Å². The van der Waals surface area contributed by atoms with Gasteiger partial charge in [-0.1, -0.05) is 30.3 Å². The number of carbonyl (C=O) groups is 2. The minimum atomic E-state index is -0.777. The summed E-state index contributed by atoms with van der Waals surface area (Å²) in [6.07, 6.45) is 1.92. The third kappa shape index (κ3) is 5.10. The van der Waals surface area contributed by atoms with Crippen LogP contribution in [0.25, 0.3) is 5.70 Å². The molecular weight excluding hydrogens is 348 g/mol. The van der Waals surface area contributed by atoms with Gasteiger partial charge < -0.3 is 10.6 Å². The molecule has 0 aromatic heterocycles. The van der Waals surface area contributed by atoms with Crippen molar-refractivity contribution in [2.24, 2.45) is 0 Å². The van der Waals surface area contributed by atoms with E-state index in [4.69, 9.17) is 0 Å². The predicted octanol–water partition coefficient (Wildman–Crippen LogP) is 4.45. The van der Waals surface area contributed by atoms with Gasteiger partial charge in [0.15, 0.2) is 0 Å². The summed E-state index contributed by atoms with van der Waals surface area (Å²) in [5.74, 6) is -0.297. The van der Waals surface area contributed by atoms with E-state index >= 15 is 0 Å². The van der Waals surface area contributed by atoms with Gasteiger partial charge in [0.25, 0.3) is 0 Å². The van der Waals surface area contributed by atoms with E-state index in [1.807, 2.05) is 50.3 Å². The fourth-order valence-electron chi connectivity index (χ4n) is 3.20. The SMILES string of the molecule is CC(=O)N/C(=C\C(C)(NC(C)=O)c1ccc(C)c(C)c1)c1ccc(C)c(C)c1. The smallest absolute Gasteiger partial charge is 0.221 e. The van der Waals surface area contributed by atoms with Gasteiger partial charge >= 0.3 is 0 Å². The highest BCUT2D eigenvalue weighted by atomic mass is 16.2. The molecule has 2 aromatic rings. The van der Waals surface area contributed by atoms with Crippen LogP contribution in [0.5, 0.6) is 0 Å². The number of nitrogens with one attached hydrogen (secondary N) is 2. The van der Waals surface area contributed by atoms with Crippen LogP contribution in [0, 0.1) is 27.7 Å². The number of aryl methyl sites for hydroxylation is 4. The number of rotatable bonds is 5. The fourth-order valence-corrected chi connectivity index (χ4v) is 3.20. The Hall–Kier alpha value is -2.88. The zero-order chi connectivity index (χ0) is 21.1. The molecule has 2 N–H and O–H groups in total. The van der Waals surface area contributed by atoms with Gasteiger partial charge in [0, 0.05) is 19.5 Å². The zero-order valence-corrected chi connectivity index (χ0v) is 17.9. The molecule has 4 heteroatoms. The monoisotopic (exact) mass is 378 g/mol. The minimum absolute atomic E-state index is 0.140. The van der Waals surface area contributed by atoms with Crippen molar-refractivity contribution in [2.75, 3.05) is 0 Å². The summed E-state index contributed by atoms with van der Waals surface area (Å²) in [6.45, 7) is 13.1. The van der Waals surface area contributed by atoms with Crippen molar-refractivity contribution >= 4 is 17.5 Å². The van der Waals surface area contributed by atoms with Gasteiger partial charge in [-0.2, -0.15) is 0 Å². The van der Waals surface area contributed by atoms with Gasteiger partial charge in [0.2, 0.25) is 11.8 Å². The molecule has 2 aromatic carbocycles. The molecule has 0 aliphatic heterocycles. The summed E-state index contributed by atoms with van der Waals surface area (Å²) < 4.78 is 0. The van der Waals surface area contributed by atoms with Gasteiger partial charge in [0.05, 0.1) is 5.54 Å². The Kier molecular flexibility index (Phi) is 6.45. The molecule has 4 nitrogen and oxygen atoms in total. The zero-order valence-electron chi connectivity index (χ0n) is 17.9. The Labute approximate surface area is 168 Å². The summed E-state index contributed by atoms with van der Waals surface area (Å²) in [5, 5.41) is 5.99. The Morgan fingerprint density at radius 1 is 0.821 bits per heavy atom. The molecule has 2 rings (SSSR count). The van der Waals surface area contributed by atoms with E-state index in [2.05, 4.69) is 37.5 Å². The van der Waals surface area contributed by atoms with Crippen LogP contribution in [-0.2, 0) is 15.1 Å². The van der Waals surface area contributed by atoms with E-state index in [0.29, 0.717) is 5.70 Å². The molecule has 1 unspecified atom stereocenters. The van der Waals surface area contributed by atoms with Crippen LogP contribution in [0.1, 0.15) is 54.2 Å². The molecule has 0 saturated carbocycles. The predicted molar refractivity (Wildman–Crippen MR) is 115 cm³/mol. The third-order valence-corrected chi connectivity index (χ3v) is 5.10. The summed E-state index contributed by atoms with van der Waals surface area (Å²) in [4.78, 5) is 23.9. The minimum Gasteiger partial charge on any atom is -0.344 e. The molecule has 0 aliphatic rings. The lowest BCUT2D eigenvalue weighted by atomic mass is 9.87. The number of amides is 2. The lowest BCUT2D eigenvalue weighted by molar-refractivity contribution is -0.120. The van der Waals surface area contributed by atoms with Gasteiger partial charge in [-0.25, -0.2) is 0 Å². The first kappa shape index (κ1) is 21.4. The molecule has 0 aliphatic carbocycles. The summed E-state index contributed by atoms with van der Waals surface area (Å²) in [6, 6.07) is 12.2. The maximum Gasteiger partial charge on any atom is 0.221 e. The van der Waals surface area contributed by atoms with Crippen molar-refractivity contribution in [2.45, 2.75) is 54.0 Å². The molecule has 1 atom stereocenters. The van der Waals surface area contributed by atoms with E-state index in [0.717, 1.165) is 22.3 Å². The molecule has 0 fully saturated rings. The Morgan fingerprint density at radius 3 is 1.89 bits per heavy atom. The maximum absolute atomic E-state index is 12.0. The molecule has 0 radical (unpaired) electrons. The summed E-state index contributed by atoms with van der Waals surface area (Å²) in [5.41, 5.74) is 6.41. The second kappa shape index (κ2) is 8.42. The van der Waals surface area contributed by atoms with Crippen LogP contribution in [0.4, 0.5) is 0 Å². The topological polar surface area (TPSA) is 58.2 Å². The van der Waals surface area contributed by atoms with Crippen LogP contribution in [-0.4, -0.2) is 11.8 Å². The lowest BCUT2D eigenvalue weighted by Gasteiger charge is -2.30. The average molecular weight is 379 g/mol. The van der Waals surface area contributed by atoms with Crippen LogP contribution < -0.4 is 10.6 Å². The number of hydrogen-bond donors (Lipinski definition) is 2. The van der Waals surface area contributed by atoms with E-state index in [-0.39, 0.29) is 11.8 Å². The first-order chi connectivity index (χ1) is 13.0. The van der Waals surface area contributed by atoms with E-state index < -0.39 is 5.54 Å². The van der Waals surface area contributed by atoms with Gasteiger partial charge in [0.1, 0.15) is 0 Å². The van der Waals surface area contributed by atoms with Crippen molar-refractivity contribution in [3.8, 4) is 0 Å². The van der Waals surface area contributed by atoms with Gasteiger partial charge in [-0.15, -0.1) is 0 Å². The normalized spacial score (nSPS) is 13.6. The molecule has 28 heavy (non-hydrogen) atoms. The molecule has 0 spiro atoms. The van der Waals surface area contributed by atoms with E-state index in [1.54, 1.807) is 0 Å². The van der Waals surface area contributed by atoms with Crippen LogP contribution >= 0.6 is 0 Å². The maximum atomic E-state index is 12.0. The highest BCUT2D eigenvalue weighted by Crippen LogP contribution is 2.28. The summed E-state index contributed by atoms with van der Waals surface area (Å²) in [7, 11) is 0. The second-order valence-electron chi connectivity index (χ2n) is 7.72. The third-order valence-electron chi connectivity index (χ3n) is 5.10. The molecule has 2 amide bonds. The van der Waals surface area contributed by atoms with E-state index in [1.165, 1.54) is 25.0 Å². The first-order valence-electron chi connectivity index (χ1n) is 9.46. The van der Waals surface area contributed by atoms with Gasteiger partial charge in [-0.3, -0.25) is 9.59 Å². The highest BCUT2D eigenvalue weighted by Gasteiger charge is 2.27. The molecular formula is C24H30N2O2. The Bertz CT molecular complexity index is 944. The van der Waals surface area contributed by atoms with Gasteiger partial charge in [-0.05, 0) is 80.1 Å². The largest absolute Gasteiger partial charge is 0.344 e. The Morgan fingerprint density at radius 2 is 1.39 bits per heavy atom. The fraction of sp³-hybridized carbons (Fsp3) is 0.333. The standard InChI is InChI=1S/C24H30N2O2/c1-15-8-10-21(12-17(15)3)23(25-19(5)27)14-24(7,26-20(6)28)22-11-9-16(2)18(4)13-22/h8-14H,1-7H3,(H,25,27)(H,26,28)/b23-14-. The van der Waals surface area contributed by atoms with Crippen LogP contribution in [0.15, 0.2) is 42.5 Å². The van der Waals surface area contributed by atoms with Crippen molar-refractivity contribution < 1.29 is 9.59 Å². The number of carbonyl (C=O) groups excluding carboxylic acids is 2. The molecule has 0 heterocycles. The van der Waals surface area contributed by atoms with Crippen molar-refractivity contribution in [1.29, 1.82) is 0 Å². The average Bonchev–Trinajstić information content (AvgIpc) is 2.58. The van der Waals surface area contributed by atoms with Crippen molar-refractivity contribution in [1.82, 2.24) is 10.6 Å². The first-order valence-corrected chi connectivity index (χ1v) is 9.46. The van der Waals surface area contributed by atoms with Crippen LogP contribution in [0.3, 0.4) is 0 Å². The van der Waals surface area contributed by atoms with Crippen molar-refractivity contribution in [3.63, 3.8) is 0 Å². The molecule has 148 valence electrons. The number of hydrogen-bond acceptors (Lipinski definition) is 2. The highest BCUT2D eigenvalue weighted by molar-refractivity contribution is 5.86. The quantitative estimate of drug-likeness (QED) is 0.808. The molecule has 0 bridgehead atoms. The lowest BCUT2D eigenvalue weighted by Crippen LogP contribution is -2.41. The molecule has 0 saturated heterocycles.